The van der Waals surface area contributed by atoms with Crippen LogP contribution < -0.4 is 5.48 Å². The largest absolute Gasteiger partial charge is 0.389 e. The molecule has 4 nitrogen and oxygen atoms in total. The molecule has 0 aromatic rings. The second kappa shape index (κ2) is 7.49. The molecule has 0 amide bonds. The summed E-state index contributed by atoms with van der Waals surface area (Å²) in [5.74, 6) is 0. The number of aliphatic hydroxyl groups excluding tert-OH is 1. The molecule has 0 saturated heterocycles. The summed E-state index contributed by atoms with van der Waals surface area (Å²) in [6.07, 6.45) is -0.342. The van der Waals surface area contributed by atoms with Gasteiger partial charge in [0.25, 0.3) is 0 Å². The van der Waals surface area contributed by atoms with Crippen molar-refractivity contribution < 1.29 is 14.7 Å². The van der Waals surface area contributed by atoms with E-state index in [0.717, 1.165) is 0 Å². The first-order chi connectivity index (χ1) is 5.66. The summed E-state index contributed by atoms with van der Waals surface area (Å²) >= 11 is 0. The highest BCUT2D eigenvalue weighted by Gasteiger charge is 2.04. The zero-order chi connectivity index (χ0) is 9.40. The minimum Gasteiger partial charge on any atom is -0.389 e. The molecular weight excluding hydrogens is 158 g/mol. The number of aliphatic hydroxyl groups is 1. The highest BCUT2D eigenvalue weighted by molar-refractivity contribution is 4.54. The quantitative estimate of drug-likeness (QED) is 0.434. The van der Waals surface area contributed by atoms with Crippen molar-refractivity contribution in [3.05, 3.63) is 0 Å². The third kappa shape index (κ3) is 7.94. The molecule has 0 aliphatic rings. The number of ether oxygens (including phenoxy) is 1. The number of hydroxylamine groups is 1. The molecule has 0 aromatic carbocycles. The highest BCUT2D eigenvalue weighted by Crippen LogP contribution is 1.90. The molecule has 0 saturated carbocycles. The fourth-order valence-corrected chi connectivity index (χ4v) is 0.620. The van der Waals surface area contributed by atoms with Gasteiger partial charge in [0.15, 0.2) is 0 Å². The van der Waals surface area contributed by atoms with Gasteiger partial charge in [-0.25, -0.2) is 0 Å². The maximum Gasteiger partial charge on any atom is 0.0921 e. The molecule has 0 radical (unpaired) electrons. The third-order valence-electron chi connectivity index (χ3n) is 1.19. The topological polar surface area (TPSA) is 50.7 Å². The van der Waals surface area contributed by atoms with Gasteiger partial charge in [0.2, 0.25) is 0 Å². The summed E-state index contributed by atoms with van der Waals surface area (Å²) in [5, 5.41) is 9.26. The predicted octanol–water partition coefficient (Wildman–Crippen LogP) is 0.313. The van der Waals surface area contributed by atoms with E-state index in [1.54, 1.807) is 0 Å². The summed E-state index contributed by atoms with van der Waals surface area (Å²) in [4.78, 5) is 4.85. The average molecular weight is 177 g/mol. The summed E-state index contributed by atoms with van der Waals surface area (Å²) in [6.45, 7) is 7.09. The molecule has 1 atom stereocenters. The van der Waals surface area contributed by atoms with Gasteiger partial charge in [0.1, 0.15) is 0 Å². The van der Waals surface area contributed by atoms with Crippen molar-refractivity contribution in [1.82, 2.24) is 5.48 Å². The van der Waals surface area contributed by atoms with Gasteiger partial charge in [-0.2, -0.15) is 5.48 Å². The first-order valence-electron chi connectivity index (χ1n) is 4.31. The zero-order valence-corrected chi connectivity index (χ0v) is 8.04. The van der Waals surface area contributed by atoms with E-state index in [-0.39, 0.29) is 6.10 Å². The lowest BCUT2D eigenvalue weighted by Crippen LogP contribution is -2.31. The van der Waals surface area contributed by atoms with Gasteiger partial charge in [-0.15, -0.1) is 0 Å². The Hall–Kier alpha value is -0.160. The molecule has 74 valence electrons. The Morgan fingerprint density at radius 3 is 2.58 bits per heavy atom. The van der Waals surface area contributed by atoms with Crippen LogP contribution >= 0.6 is 0 Å². The van der Waals surface area contributed by atoms with Gasteiger partial charge in [0.05, 0.1) is 25.4 Å². The molecule has 1 unspecified atom stereocenters. The molecular formula is C8H19NO3. The Balaban J connectivity index is 3.15. The molecule has 0 aliphatic heterocycles. The standard InChI is InChI=1S/C8H19NO3/c1-4-12-9-5-8(10)6-11-7(2)3/h7-10H,4-6H2,1-3H3. The summed E-state index contributed by atoms with van der Waals surface area (Å²) in [6, 6.07) is 0. The van der Waals surface area contributed by atoms with Crippen LogP contribution in [0.2, 0.25) is 0 Å². The van der Waals surface area contributed by atoms with Gasteiger partial charge >= 0.3 is 0 Å². The number of hydrogen-bond donors (Lipinski definition) is 2. The maximum atomic E-state index is 9.26. The van der Waals surface area contributed by atoms with Crippen LogP contribution in [0.4, 0.5) is 0 Å². The van der Waals surface area contributed by atoms with Crippen LogP contribution in [0.5, 0.6) is 0 Å². The van der Waals surface area contributed by atoms with E-state index in [1.165, 1.54) is 0 Å². The van der Waals surface area contributed by atoms with Crippen molar-refractivity contribution in [2.24, 2.45) is 0 Å². The molecule has 2 N–H and O–H groups in total. The molecule has 0 spiro atoms. The van der Waals surface area contributed by atoms with E-state index < -0.39 is 6.10 Å². The van der Waals surface area contributed by atoms with Crippen LogP contribution in [0, 0.1) is 0 Å². The van der Waals surface area contributed by atoms with Crippen molar-refractivity contribution in [3.63, 3.8) is 0 Å². The van der Waals surface area contributed by atoms with Crippen molar-refractivity contribution >= 4 is 0 Å². The van der Waals surface area contributed by atoms with Crippen molar-refractivity contribution in [1.29, 1.82) is 0 Å². The van der Waals surface area contributed by atoms with Gasteiger partial charge in [-0.1, -0.05) is 0 Å². The smallest absolute Gasteiger partial charge is 0.0921 e. The SMILES string of the molecule is CCONCC(O)COC(C)C. The van der Waals surface area contributed by atoms with Gasteiger partial charge < -0.3 is 14.7 Å². The molecule has 0 rings (SSSR count). The molecule has 0 fully saturated rings. The van der Waals surface area contributed by atoms with E-state index in [2.05, 4.69) is 5.48 Å². The highest BCUT2D eigenvalue weighted by atomic mass is 16.6. The lowest BCUT2D eigenvalue weighted by Gasteiger charge is -2.13. The first-order valence-corrected chi connectivity index (χ1v) is 4.31. The number of rotatable bonds is 7. The predicted molar refractivity (Wildman–Crippen MR) is 46.7 cm³/mol. The zero-order valence-electron chi connectivity index (χ0n) is 8.04. The van der Waals surface area contributed by atoms with Crippen LogP contribution in [-0.4, -0.2) is 37.1 Å². The van der Waals surface area contributed by atoms with Crippen LogP contribution in [0.25, 0.3) is 0 Å². The second-order valence-electron chi connectivity index (χ2n) is 2.82. The van der Waals surface area contributed by atoms with Crippen molar-refractivity contribution in [2.75, 3.05) is 19.8 Å². The lowest BCUT2D eigenvalue weighted by molar-refractivity contribution is -0.0255. The molecule has 0 bridgehead atoms. The average Bonchev–Trinajstić information content (AvgIpc) is 2.01. The van der Waals surface area contributed by atoms with Crippen LogP contribution in [0.1, 0.15) is 20.8 Å². The van der Waals surface area contributed by atoms with E-state index in [1.807, 2.05) is 20.8 Å². The Morgan fingerprint density at radius 2 is 2.08 bits per heavy atom. The second-order valence-corrected chi connectivity index (χ2v) is 2.82. The van der Waals surface area contributed by atoms with E-state index >= 15 is 0 Å². The Morgan fingerprint density at radius 1 is 1.42 bits per heavy atom. The number of hydrogen-bond acceptors (Lipinski definition) is 4. The van der Waals surface area contributed by atoms with Crippen molar-refractivity contribution in [3.8, 4) is 0 Å². The molecule has 4 heteroatoms. The number of nitrogens with one attached hydrogen (secondary N) is 1. The Kier molecular flexibility index (Phi) is 7.39. The Bertz CT molecular complexity index is 98.3. The van der Waals surface area contributed by atoms with E-state index in [4.69, 9.17) is 9.57 Å². The fourth-order valence-electron chi connectivity index (χ4n) is 0.620. The monoisotopic (exact) mass is 177 g/mol. The van der Waals surface area contributed by atoms with Crippen LogP contribution in [-0.2, 0) is 9.57 Å². The summed E-state index contributed by atoms with van der Waals surface area (Å²) < 4.78 is 5.19. The molecule has 0 aromatic heterocycles. The summed E-state index contributed by atoms with van der Waals surface area (Å²) in [5.41, 5.74) is 2.63. The normalized spacial score (nSPS) is 13.8. The van der Waals surface area contributed by atoms with Crippen LogP contribution in [0.3, 0.4) is 0 Å². The van der Waals surface area contributed by atoms with Gasteiger partial charge in [-0.3, -0.25) is 0 Å². The fraction of sp³-hybridized carbons (Fsp3) is 1.00. The first kappa shape index (κ1) is 11.8. The third-order valence-corrected chi connectivity index (χ3v) is 1.19. The molecule has 12 heavy (non-hydrogen) atoms. The van der Waals surface area contributed by atoms with Gasteiger partial charge in [0, 0.05) is 6.54 Å². The van der Waals surface area contributed by atoms with Crippen LogP contribution in [0.15, 0.2) is 0 Å². The van der Waals surface area contributed by atoms with Gasteiger partial charge in [-0.05, 0) is 20.8 Å². The lowest BCUT2D eigenvalue weighted by atomic mass is 10.4. The van der Waals surface area contributed by atoms with E-state index in [0.29, 0.717) is 19.8 Å². The summed E-state index contributed by atoms with van der Waals surface area (Å²) in [7, 11) is 0. The van der Waals surface area contributed by atoms with Crippen molar-refractivity contribution in [2.45, 2.75) is 33.0 Å². The Labute approximate surface area is 73.8 Å². The molecule has 0 heterocycles. The maximum absolute atomic E-state index is 9.26. The minimum absolute atomic E-state index is 0.159. The minimum atomic E-state index is -0.501. The molecule has 0 aliphatic carbocycles. The van der Waals surface area contributed by atoms with E-state index in [9.17, 15) is 5.11 Å².